The van der Waals surface area contributed by atoms with Crippen LogP contribution in [0.1, 0.15) is 30.8 Å². The number of hydrogen-bond donors (Lipinski definition) is 0. The van der Waals surface area contributed by atoms with Crippen molar-refractivity contribution in [2.75, 3.05) is 59.1 Å². The predicted molar refractivity (Wildman–Crippen MR) is 178 cm³/mol. The highest BCUT2D eigenvalue weighted by Gasteiger charge is 2.25. The van der Waals surface area contributed by atoms with Gasteiger partial charge in [0, 0.05) is 45.8 Å². The van der Waals surface area contributed by atoms with E-state index in [1.807, 2.05) is 80.3 Å². The van der Waals surface area contributed by atoms with Crippen LogP contribution in [0.5, 0.6) is 11.5 Å². The molecule has 0 radical (unpaired) electrons. The second kappa shape index (κ2) is 14.5. The molecular formula is C36H43N5O5. The normalized spacial score (nSPS) is 16.2. The molecule has 4 aromatic rings. The van der Waals surface area contributed by atoms with Gasteiger partial charge in [-0.2, -0.15) is 0 Å². The van der Waals surface area contributed by atoms with Crippen LogP contribution in [0.25, 0.3) is 16.6 Å². The van der Waals surface area contributed by atoms with Gasteiger partial charge in [0.2, 0.25) is 0 Å². The Labute approximate surface area is 270 Å². The minimum atomic E-state index is -0.128. The highest BCUT2D eigenvalue weighted by Crippen LogP contribution is 2.28. The Bertz CT molecular complexity index is 1710. The van der Waals surface area contributed by atoms with Crippen LogP contribution in [0.3, 0.4) is 0 Å². The van der Waals surface area contributed by atoms with Gasteiger partial charge in [0.05, 0.1) is 42.5 Å². The molecule has 242 valence electrons. The summed E-state index contributed by atoms with van der Waals surface area (Å²) >= 11 is 0. The summed E-state index contributed by atoms with van der Waals surface area (Å²) < 4.78 is 19.3. The van der Waals surface area contributed by atoms with Crippen molar-refractivity contribution in [1.29, 1.82) is 0 Å². The molecule has 0 aliphatic carbocycles. The fourth-order valence-electron chi connectivity index (χ4n) is 5.97. The van der Waals surface area contributed by atoms with Crippen LogP contribution < -0.4 is 15.0 Å². The number of hydrogen-bond acceptors (Lipinski definition) is 8. The van der Waals surface area contributed by atoms with Gasteiger partial charge >= 0.3 is 0 Å². The van der Waals surface area contributed by atoms with Crippen molar-refractivity contribution in [3.05, 3.63) is 94.0 Å². The number of nitrogens with zero attached hydrogens (tertiary/aromatic N) is 5. The number of para-hydroxylation sites is 1. The number of benzene rings is 3. The molecule has 2 aliphatic heterocycles. The van der Waals surface area contributed by atoms with E-state index >= 15 is 0 Å². The molecule has 6 rings (SSSR count). The van der Waals surface area contributed by atoms with Gasteiger partial charge < -0.3 is 19.1 Å². The predicted octanol–water partition coefficient (Wildman–Crippen LogP) is 4.04. The lowest BCUT2D eigenvalue weighted by Crippen LogP contribution is -2.50. The molecule has 3 aromatic carbocycles. The van der Waals surface area contributed by atoms with E-state index in [1.54, 1.807) is 4.57 Å². The molecule has 10 nitrogen and oxygen atoms in total. The molecule has 10 heteroatoms. The Balaban J connectivity index is 1.23. The molecule has 0 unspecified atom stereocenters. The largest absolute Gasteiger partial charge is 0.489 e. The average Bonchev–Trinajstić information content (AvgIpc) is 3.06. The number of carbonyl (C=O) groups is 1. The van der Waals surface area contributed by atoms with Crippen LogP contribution in [0.15, 0.2) is 71.5 Å². The Morgan fingerprint density at radius 3 is 2.35 bits per heavy atom. The van der Waals surface area contributed by atoms with Crippen molar-refractivity contribution in [1.82, 2.24) is 24.3 Å². The summed E-state index contributed by atoms with van der Waals surface area (Å²) in [5, 5.41) is 0.558. The Morgan fingerprint density at radius 1 is 0.891 bits per heavy atom. The Kier molecular flexibility index (Phi) is 9.97. The second-order valence-corrected chi connectivity index (χ2v) is 12.3. The summed E-state index contributed by atoms with van der Waals surface area (Å²) in [4.78, 5) is 38.5. The van der Waals surface area contributed by atoms with Crippen molar-refractivity contribution in [3.63, 3.8) is 0 Å². The van der Waals surface area contributed by atoms with Crippen molar-refractivity contribution < 1.29 is 19.0 Å². The number of rotatable bonds is 10. The first-order valence-corrected chi connectivity index (χ1v) is 16.1. The third-order valence-corrected chi connectivity index (χ3v) is 8.46. The number of ether oxygens (including phenoxy) is 3. The van der Waals surface area contributed by atoms with Crippen molar-refractivity contribution in [3.8, 4) is 17.2 Å². The van der Waals surface area contributed by atoms with Gasteiger partial charge in [-0.15, -0.1) is 0 Å². The molecule has 1 amide bonds. The van der Waals surface area contributed by atoms with E-state index < -0.39 is 0 Å². The van der Waals surface area contributed by atoms with Crippen molar-refractivity contribution in [2.45, 2.75) is 40.0 Å². The van der Waals surface area contributed by atoms with Crippen LogP contribution in [0.2, 0.25) is 0 Å². The van der Waals surface area contributed by atoms with E-state index in [2.05, 4.69) is 21.9 Å². The number of carbonyl (C=O) groups excluding carboxylic acids is 1. The molecule has 46 heavy (non-hydrogen) atoms. The molecule has 2 saturated heterocycles. The third kappa shape index (κ3) is 7.58. The highest BCUT2D eigenvalue weighted by molar-refractivity contribution is 5.78. The van der Waals surface area contributed by atoms with Crippen LogP contribution >= 0.6 is 0 Å². The number of piperazine rings is 1. The fourth-order valence-corrected chi connectivity index (χ4v) is 5.97. The summed E-state index contributed by atoms with van der Waals surface area (Å²) in [5.74, 6) is 1.95. The molecule has 0 bridgehead atoms. The minimum absolute atomic E-state index is 0.00892. The molecule has 0 saturated carbocycles. The molecule has 0 atom stereocenters. The Morgan fingerprint density at radius 2 is 1.61 bits per heavy atom. The molecule has 2 fully saturated rings. The zero-order chi connectivity index (χ0) is 32.0. The lowest BCUT2D eigenvalue weighted by molar-refractivity contribution is -0.135. The smallest absolute Gasteiger partial charge is 0.266 e. The van der Waals surface area contributed by atoms with Crippen LogP contribution in [0, 0.1) is 6.92 Å². The first-order valence-electron chi connectivity index (χ1n) is 16.1. The third-order valence-electron chi connectivity index (χ3n) is 8.46. The van der Waals surface area contributed by atoms with Gasteiger partial charge in [0.15, 0.2) is 6.61 Å². The molecule has 2 aliphatic rings. The Hall–Kier alpha value is -4.25. The lowest BCUT2D eigenvalue weighted by atomic mass is 10.1. The lowest BCUT2D eigenvalue weighted by Gasteiger charge is -2.34. The maximum atomic E-state index is 14.1. The SMILES string of the molecule is Cc1ccc(OCC(=O)N2CCN(Cc3nc4ccccc4c(=O)n3-c3ccc(CN4CCOCC4)cc3OC(C)C)CC2)cc1. The van der Waals surface area contributed by atoms with Gasteiger partial charge in [0.1, 0.15) is 17.3 Å². The second-order valence-electron chi connectivity index (χ2n) is 12.3. The van der Waals surface area contributed by atoms with Gasteiger partial charge in [-0.1, -0.05) is 35.9 Å². The van der Waals surface area contributed by atoms with E-state index in [4.69, 9.17) is 19.2 Å². The zero-order valence-electron chi connectivity index (χ0n) is 27.0. The number of amides is 1. The molecular weight excluding hydrogens is 582 g/mol. The van der Waals surface area contributed by atoms with E-state index in [0.717, 1.165) is 44.0 Å². The van der Waals surface area contributed by atoms with E-state index in [-0.39, 0.29) is 24.2 Å². The number of fused-ring (bicyclic) bond motifs is 1. The van der Waals surface area contributed by atoms with Crippen LogP contribution in [0.4, 0.5) is 0 Å². The van der Waals surface area contributed by atoms with Crippen molar-refractivity contribution in [2.24, 2.45) is 0 Å². The molecule has 1 aromatic heterocycles. The van der Waals surface area contributed by atoms with Gasteiger partial charge in [-0.05, 0) is 62.7 Å². The van der Waals surface area contributed by atoms with Gasteiger partial charge in [-0.25, -0.2) is 4.98 Å². The minimum Gasteiger partial charge on any atom is -0.489 e. The van der Waals surface area contributed by atoms with Crippen LogP contribution in [-0.4, -0.2) is 95.4 Å². The van der Waals surface area contributed by atoms with Crippen molar-refractivity contribution >= 4 is 16.8 Å². The van der Waals surface area contributed by atoms with E-state index in [1.165, 1.54) is 0 Å². The zero-order valence-corrected chi connectivity index (χ0v) is 27.0. The highest BCUT2D eigenvalue weighted by atomic mass is 16.5. The summed E-state index contributed by atoms with van der Waals surface area (Å²) in [6.45, 7) is 13.0. The monoisotopic (exact) mass is 625 g/mol. The first-order chi connectivity index (χ1) is 22.3. The quantitative estimate of drug-likeness (QED) is 0.261. The molecule has 0 N–H and O–H groups in total. The standard InChI is InChI=1S/C36H43N5O5/c1-26(2)46-33-22-28(23-39-18-20-44-21-19-39)10-13-32(33)41-34(37-31-7-5-4-6-30(31)36(41)43)24-38-14-16-40(17-15-38)35(42)25-45-29-11-8-27(3)9-12-29/h4-13,22,26H,14-21,23-25H2,1-3H3. The van der Waals surface area contributed by atoms with Gasteiger partial charge in [0.25, 0.3) is 11.5 Å². The molecule has 3 heterocycles. The maximum absolute atomic E-state index is 14.1. The topological polar surface area (TPSA) is 89.4 Å². The van der Waals surface area contributed by atoms with E-state index in [9.17, 15) is 9.59 Å². The maximum Gasteiger partial charge on any atom is 0.266 e. The summed E-state index contributed by atoms with van der Waals surface area (Å²) in [7, 11) is 0. The van der Waals surface area contributed by atoms with Gasteiger partial charge in [-0.3, -0.25) is 24.0 Å². The first kappa shape index (κ1) is 31.7. The number of aryl methyl sites for hydroxylation is 1. The average molecular weight is 626 g/mol. The molecule has 0 spiro atoms. The summed E-state index contributed by atoms with van der Waals surface area (Å²) in [6, 6.07) is 21.3. The summed E-state index contributed by atoms with van der Waals surface area (Å²) in [6.07, 6.45) is -0.0782. The number of morpholine rings is 1. The number of aromatic nitrogens is 2. The van der Waals surface area contributed by atoms with Crippen LogP contribution in [-0.2, 0) is 22.6 Å². The fraction of sp³-hybridized carbons (Fsp3) is 0.417. The summed E-state index contributed by atoms with van der Waals surface area (Å²) in [5.41, 5.74) is 3.48. The van der Waals surface area contributed by atoms with E-state index in [0.29, 0.717) is 66.6 Å².